The van der Waals surface area contributed by atoms with Crippen LogP contribution >= 0.6 is 0 Å². The van der Waals surface area contributed by atoms with Crippen molar-refractivity contribution >= 4 is 0 Å². The van der Waals surface area contributed by atoms with E-state index in [0.717, 1.165) is 12.8 Å². The molecule has 0 spiro atoms. The molecule has 1 aliphatic carbocycles. The summed E-state index contributed by atoms with van der Waals surface area (Å²) in [6.45, 7) is 1.96. The molecule has 0 radical (unpaired) electrons. The van der Waals surface area contributed by atoms with Gasteiger partial charge in [-0.05, 0) is 33.9 Å². The van der Waals surface area contributed by atoms with Gasteiger partial charge in [-0.2, -0.15) is 0 Å². The average molecular weight is 157 g/mol. The zero-order valence-corrected chi connectivity index (χ0v) is 7.80. The Balaban J connectivity index is 2.60. The van der Waals surface area contributed by atoms with Crippen molar-refractivity contribution in [3.63, 3.8) is 0 Å². The number of rotatable bonds is 1. The molecule has 1 N–H and O–H groups in total. The summed E-state index contributed by atoms with van der Waals surface area (Å²) >= 11 is 0. The predicted molar refractivity (Wildman–Crippen MR) is 46.6 cm³/mol. The van der Waals surface area contributed by atoms with Gasteiger partial charge in [0.15, 0.2) is 0 Å². The second-order valence-electron chi connectivity index (χ2n) is 4.08. The van der Waals surface area contributed by atoms with E-state index in [0.29, 0.717) is 6.04 Å². The molecule has 0 unspecified atom stereocenters. The Morgan fingerprint density at radius 1 is 1.36 bits per heavy atom. The highest BCUT2D eigenvalue weighted by molar-refractivity contribution is 4.90. The van der Waals surface area contributed by atoms with E-state index in [9.17, 15) is 5.11 Å². The van der Waals surface area contributed by atoms with Gasteiger partial charge in [-0.15, -0.1) is 0 Å². The van der Waals surface area contributed by atoms with E-state index in [1.54, 1.807) is 0 Å². The van der Waals surface area contributed by atoms with Crippen LogP contribution in [-0.4, -0.2) is 35.7 Å². The van der Waals surface area contributed by atoms with Gasteiger partial charge in [0.1, 0.15) is 0 Å². The molecular weight excluding hydrogens is 138 g/mol. The monoisotopic (exact) mass is 157 g/mol. The summed E-state index contributed by atoms with van der Waals surface area (Å²) in [6, 6.07) is 0.358. The lowest BCUT2D eigenvalue weighted by Gasteiger charge is -2.40. The quantitative estimate of drug-likeness (QED) is 0.619. The SMILES string of the molecule is CN(C)[C@@H]1CCCC[C@@]1(C)O. The molecule has 1 saturated carbocycles. The largest absolute Gasteiger partial charge is 0.389 e. The molecule has 0 bridgehead atoms. The van der Waals surface area contributed by atoms with Crippen molar-refractivity contribution in [2.75, 3.05) is 14.1 Å². The lowest BCUT2D eigenvalue weighted by molar-refractivity contribution is -0.0453. The molecule has 1 aliphatic rings. The maximum atomic E-state index is 9.96. The fourth-order valence-corrected chi connectivity index (χ4v) is 2.11. The summed E-state index contributed by atoms with van der Waals surface area (Å²) in [6.07, 6.45) is 4.53. The first-order valence-corrected chi connectivity index (χ1v) is 4.43. The molecule has 2 atom stereocenters. The molecule has 0 amide bonds. The summed E-state index contributed by atoms with van der Waals surface area (Å²) in [5.74, 6) is 0. The molecule has 0 heterocycles. The van der Waals surface area contributed by atoms with Crippen LogP contribution in [0.5, 0.6) is 0 Å². The summed E-state index contributed by atoms with van der Waals surface area (Å²) in [5.41, 5.74) is -0.457. The number of hydrogen-bond acceptors (Lipinski definition) is 2. The van der Waals surface area contributed by atoms with E-state index in [1.165, 1.54) is 12.8 Å². The minimum atomic E-state index is -0.457. The lowest BCUT2D eigenvalue weighted by atomic mass is 9.81. The normalized spacial score (nSPS) is 39.5. The zero-order chi connectivity index (χ0) is 8.48. The van der Waals surface area contributed by atoms with E-state index in [-0.39, 0.29) is 0 Å². The molecule has 2 nitrogen and oxygen atoms in total. The Morgan fingerprint density at radius 3 is 2.36 bits per heavy atom. The van der Waals surface area contributed by atoms with Crippen LogP contribution in [0.3, 0.4) is 0 Å². The molecule has 11 heavy (non-hydrogen) atoms. The van der Waals surface area contributed by atoms with Crippen LogP contribution in [-0.2, 0) is 0 Å². The maximum absolute atomic E-state index is 9.96. The second-order valence-corrected chi connectivity index (χ2v) is 4.08. The van der Waals surface area contributed by atoms with Crippen molar-refractivity contribution in [1.82, 2.24) is 4.90 Å². The molecule has 0 aromatic heterocycles. The number of likely N-dealkylation sites (N-methyl/N-ethyl adjacent to an activating group) is 1. The Kier molecular flexibility index (Phi) is 2.55. The van der Waals surface area contributed by atoms with Crippen LogP contribution in [0.1, 0.15) is 32.6 Å². The number of nitrogens with zero attached hydrogens (tertiary/aromatic N) is 1. The van der Waals surface area contributed by atoms with Gasteiger partial charge in [0.05, 0.1) is 5.60 Å². The predicted octanol–water partition coefficient (Wildman–Crippen LogP) is 1.24. The van der Waals surface area contributed by atoms with Gasteiger partial charge >= 0.3 is 0 Å². The van der Waals surface area contributed by atoms with Crippen LogP contribution in [0.15, 0.2) is 0 Å². The van der Waals surface area contributed by atoms with Gasteiger partial charge in [-0.3, -0.25) is 0 Å². The fourth-order valence-electron chi connectivity index (χ4n) is 2.11. The maximum Gasteiger partial charge on any atom is 0.0774 e. The minimum absolute atomic E-state index is 0.358. The first-order valence-electron chi connectivity index (χ1n) is 4.43. The third kappa shape index (κ3) is 1.94. The zero-order valence-electron chi connectivity index (χ0n) is 7.80. The molecule has 2 heteroatoms. The van der Waals surface area contributed by atoms with Crippen molar-refractivity contribution < 1.29 is 5.11 Å². The van der Waals surface area contributed by atoms with Crippen LogP contribution in [0.25, 0.3) is 0 Å². The third-order valence-electron chi connectivity index (χ3n) is 2.75. The van der Waals surface area contributed by atoms with Crippen LogP contribution in [0, 0.1) is 0 Å². The first-order chi connectivity index (χ1) is 5.04. The highest BCUT2D eigenvalue weighted by Crippen LogP contribution is 2.30. The van der Waals surface area contributed by atoms with E-state index >= 15 is 0 Å². The fraction of sp³-hybridized carbons (Fsp3) is 1.00. The van der Waals surface area contributed by atoms with Crippen molar-refractivity contribution in [3.8, 4) is 0 Å². The Labute approximate surface area is 69.2 Å². The number of aliphatic hydroxyl groups is 1. The van der Waals surface area contributed by atoms with Gasteiger partial charge in [0.25, 0.3) is 0 Å². The molecule has 1 rings (SSSR count). The van der Waals surface area contributed by atoms with E-state index < -0.39 is 5.60 Å². The highest BCUT2D eigenvalue weighted by atomic mass is 16.3. The van der Waals surface area contributed by atoms with Crippen LogP contribution in [0.2, 0.25) is 0 Å². The molecule has 66 valence electrons. The summed E-state index contributed by atoms with van der Waals surface area (Å²) in [7, 11) is 4.09. The van der Waals surface area contributed by atoms with E-state index in [4.69, 9.17) is 0 Å². The van der Waals surface area contributed by atoms with Gasteiger partial charge < -0.3 is 10.0 Å². The van der Waals surface area contributed by atoms with Gasteiger partial charge in [0, 0.05) is 6.04 Å². The number of hydrogen-bond donors (Lipinski definition) is 1. The minimum Gasteiger partial charge on any atom is -0.389 e. The van der Waals surface area contributed by atoms with Crippen molar-refractivity contribution in [3.05, 3.63) is 0 Å². The molecule has 0 aliphatic heterocycles. The van der Waals surface area contributed by atoms with E-state index in [2.05, 4.69) is 4.90 Å². The van der Waals surface area contributed by atoms with Gasteiger partial charge in [-0.1, -0.05) is 12.8 Å². The summed E-state index contributed by atoms with van der Waals surface area (Å²) in [5, 5.41) is 9.96. The molecule has 0 saturated heterocycles. The third-order valence-corrected chi connectivity index (χ3v) is 2.75. The van der Waals surface area contributed by atoms with Crippen LogP contribution in [0.4, 0.5) is 0 Å². The van der Waals surface area contributed by atoms with E-state index in [1.807, 2.05) is 21.0 Å². The molecule has 1 fully saturated rings. The van der Waals surface area contributed by atoms with Crippen molar-refractivity contribution in [2.45, 2.75) is 44.2 Å². The lowest BCUT2D eigenvalue weighted by Crippen LogP contribution is -2.50. The topological polar surface area (TPSA) is 23.5 Å². The molecular formula is C9H19NO. The summed E-state index contributed by atoms with van der Waals surface area (Å²) < 4.78 is 0. The average Bonchev–Trinajstić information content (AvgIpc) is 1.85. The van der Waals surface area contributed by atoms with Gasteiger partial charge in [0.2, 0.25) is 0 Å². The van der Waals surface area contributed by atoms with Crippen LogP contribution < -0.4 is 0 Å². The second kappa shape index (κ2) is 3.11. The standard InChI is InChI=1S/C9H19NO/c1-9(11)7-5-4-6-8(9)10(2)3/h8,11H,4-7H2,1-3H3/t8-,9-/m1/s1. The Morgan fingerprint density at radius 2 is 2.00 bits per heavy atom. The smallest absolute Gasteiger partial charge is 0.0774 e. The Bertz CT molecular complexity index is 132. The molecule has 0 aromatic rings. The molecule has 0 aromatic carbocycles. The van der Waals surface area contributed by atoms with Crippen molar-refractivity contribution in [1.29, 1.82) is 0 Å². The first kappa shape index (κ1) is 9.01. The highest BCUT2D eigenvalue weighted by Gasteiger charge is 2.35. The Hall–Kier alpha value is -0.0800. The van der Waals surface area contributed by atoms with Gasteiger partial charge in [-0.25, -0.2) is 0 Å². The summed E-state index contributed by atoms with van der Waals surface area (Å²) in [4.78, 5) is 2.14. The van der Waals surface area contributed by atoms with Crippen molar-refractivity contribution in [2.24, 2.45) is 0 Å².